The maximum absolute atomic E-state index is 13.2. The van der Waals surface area contributed by atoms with E-state index in [1.165, 1.54) is 19.2 Å². The lowest BCUT2D eigenvalue weighted by Gasteiger charge is -2.24. The topological polar surface area (TPSA) is 47.6 Å². The Labute approximate surface area is 79.6 Å². The van der Waals surface area contributed by atoms with Crippen LogP contribution in [0, 0.1) is 5.82 Å². The van der Waals surface area contributed by atoms with E-state index in [9.17, 15) is 9.18 Å². The maximum Gasteiger partial charge on any atom is 0.415 e. The fraction of sp³-hybridized carbons (Fsp3) is 0.222. The molecule has 0 saturated heterocycles. The largest absolute Gasteiger partial charge is 0.415 e. The quantitative estimate of drug-likeness (QED) is 0.743. The summed E-state index contributed by atoms with van der Waals surface area (Å²) >= 11 is 0. The molecule has 14 heavy (non-hydrogen) atoms. The molecule has 1 N–H and O–H groups in total. The third-order valence-corrected chi connectivity index (χ3v) is 1.96. The molecule has 4 nitrogen and oxygen atoms in total. The minimum Gasteiger partial charge on any atom is -0.407 e. The van der Waals surface area contributed by atoms with Gasteiger partial charge in [0.25, 0.3) is 0 Å². The van der Waals surface area contributed by atoms with Crippen LogP contribution in [0.25, 0.3) is 0 Å². The van der Waals surface area contributed by atoms with Gasteiger partial charge in [-0.25, -0.2) is 9.18 Å². The summed E-state index contributed by atoms with van der Waals surface area (Å²) in [6.45, 7) is 0. The number of ether oxygens (including phenoxy) is 2. The first-order valence-corrected chi connectivity index (χ1v) is 4.02. The molecule has 1 atom stereocenters. The predicted molar refractivity (Wildman–Crippen MR) is 45.3 cm³/mol. The average molecular weight is 197 g/mol. The Bertz CT molecular complexity index is 380. The van der Waals surface area contributed by atoms with Crippen LogP contribution in [0.1, 0.15) is 11.8 Å². The Morgan fingerprint density at radius 3 is 3.07 bits per heavy atom. The molecule has 0 bridgehead atoms. The van der Waals surface area contributed by atoms with Crippen LogP contribution in [-0.2, 0) is 4.74 Å². The number of fused-ring (bicyclic) bond motifs is 1. The monoisotopic (exact) mass is 197 g/mol. The van der Waals surface area contributed by atoms with Gasteiger partial charge in [-0.05, 0) is 6.07 Å². The van der Waals surface area contributed by atoms with Crippen molar-refractivity contribution in [3.63, 3.8) is 0 Å². The summed E-state index contributed by atoms with van der Waals surface area (Å²) in [6.07, 6.45) is -1.36. The van der Waals surface area contributed by atoms with Crippen molar-refractivity contribution < 1.29 is 18.7 Å². The van der Waals surface area contributed by atoms with E-state index in [1.54, 1.807) is 6.07 Å². The van der Waals surface area contributed by atoms with Gasteiger partial charge in [0.05, 0.1) is 0 Å². The number of carbonyl (C=O) groups is 1. The minimum atomic E-state index is -0.713. The highest BCUT2D eigenvalue weighted by molar-refractivity contribution is 5.73. The normalized spacial score (nSPS) is 19.6. The lowest BCUT2D eigenvalue weighted by molar-refractivity contribution is 0.0600. The Morgan fingerprint density at radius 2 is 2.36 bits per heavy atom. The van der Waals surface area contributed by atoms with Crippen LogP contribution in [0.15, 0.2) is 18.2 Å². The fourth-order valence-corrected chi connectivity index (χ4v) is 1.33. The van der Waals surface area contributed by atoms with Crippen LogP contribution >= 0.6 is 0 Å². The van der Waals surface area contributed by atoms with E-state index in [0.717, 1.165) is 0 Å². The lowest BCUT2D eigenvalue weighted by atomic mass is 10.1. The summed E-state index contributed by atoms with van der Waals surface area (Å²) in [7, 11) is 1.42. The Balaban J connectivity index is 2.50. The van der Waals surface area contributed by atoms with Crippen LogP contribution in [-0.4, -0.2) is 13.2 Å². The van der Waals surface area contributed by atoms with Crippen LogP contribution in [0.3, 0.4) is 0 Å². The highest BCUT2D eigenvalue weighted by Gasteiger charge is 2.27. The number of methoxy groups -OCH3 is 1. The van der Waals surface area contributed by atoms with Crippen molar-refractivity contribution in [3.8, 4) is 5.75 Å². The molecule has 1 aliphatic heterocycles. The summed E-state index contributed by atoms with van der Waals surface area (Å²) in [5, 5.41) is 2.40. The minimum absolute atomic E-state index is 0.0666. The second-order valence-corrected chi connectivity index (χ2v) is 2.81. The van der Waals surface area contributed by atoms with Gasteiger partial charge in [-0.3, -0.25) is 5.32 Å². The van der Waals surface area contributed by atoms with E-state index < -0.39 is 18.1 Å². The van der Waals surface area contributed by atoms with Gasteiger partial charge in [0.15, 0.2) is 17.8 Å². The van der Waals surface area contributed by atoms with Crippen molar-refractivity contribution in [2.75, 3.05) is 7.11 Å². The summed E-state index contributed by atoms with van der Waals surface area (Å²) < 4.78 is 22.8. The third-order valence-electron chi connectivity index (χ3n) is 1.96. The molecule has 1 amide bonds. The van der Waals surface area contributed by atoms with Gasteiger partial charge in [-0.15, -0.1) is 0 Å². The number of hydrogen-bond donors (Lipinski definition) is 1. The highest BCUT2D eigenvalue weighted by Crippen LogP contribution is 2.31. The van der Waals surface area contributed by atoms with Crippen LogP contribution in [0.5, 0.6) is 5.75 Å². The van der Waals surface area contributed by atoms with Gasteiger partial charge in [-0.1, -0.05) is 12.1 Å². The molecule has 0 saturated carbocycles. The Hall–Kier alpha value is -1.62. The molecule has 0 aromatic heterocycles. The van der Waals surface area contributed by atoms with Gasteiger partial charge in [0.1, 0.15) is 0 Å². The van der Waals surface area contributed by atoms with E-state index in [2.05, 4.69) is 10.1 Å². The number of para-hydroxylation sites is 1. The third kappa shape index (κ3) is 1.31. The number of halogens is 1. The van der Waals surface area contributed by atoms with Crippen molar-refractivity contribution in [2.45, 2.75) is 6.23 Å². The summed E-state index contributed by atoms with van der Waals surface area (Å²) in [5.74, 6) is -0.637. The first kappa shape index (κ1) is 8.96. The van der Waals surface area contributed by atoms with E-state index >= 15 is 0 Å². The highest BCUT2D eigenvalue weighted by atomic mass is 19.1. The molecule has 1 heterocycles. The molecule has 0 radical (unpaired) electrons. The summed E-state index contributed by atoms with van der Waals surface area (Å²) in [6, 6.07) is 4.39. The first-order valence-electron chi connectivity index (χ1n) is 4.02. The number of hydrogen-bond acceptors (Lipinski definition) is 3. The van der Waals surface area contributed by atoms with Gasteiger partial charge >= 0.3 is 6.09 Å². The van der Waals surface area contributed by atoms with Crippen molar-refractivity contribution in [1.82, 2.24) is 5.32 Å². The number of benzene rings is 1. The maximum atomic E-state index is 13.2. The summed E-state index contributed by atoms with van der Waals surface area (Å²) in [4.78, 5) is 11.0. The van der Waals surface area contributed by atoms with E-state index in [-0.39, 0.29) is 5.75 Å². The van der Waals surface area contributed by atoms with Gasteiger partial charge in [0, 0.05) is 12.7 Å². The smallest absolute Gasteiger partial charge is 0.407 e. The number of carbonyl (C=O) groups excluding carboxylic acids is 1. The molecule has 74 valence electrons. The fourth-order valence-electron chi connectivity index (χ4n) is 1.33. The summed E-state index contributed by atoms with van der Waals surface area (Å²) in [5.41, 5.74) is 0.479. The van der Waals surface area contributed by atoms with Crippen LogP contribution in [0.2, 0.25) is 0 Å². The molecule has 1 aliphatic rings. The van der Waals surface area contributed by atoms with Gasteiger partial charge in [-0.2, -0.15) is 0 Å². The number of amides is 1. The Morgan fingerprint density at radius 1 is 1.57 bits per heavy atom. The average Bonchev–Trinajstić information content (AvgIpc) is 2.18. The molecule has 0 fully saturated rings. The number of nitrogens with one attached hydrogen (secondary N) is 1. The van der Waals surface area contributed by atoms with E-state index in [4.69, 9.17) is 4.74 Å². The van der Waals surface area contributed by atoms with Crippen LogP contribution in [0.4, 0.5) is 9.18 Å². The first-order chi connectivity index (χ1) is 6.72. The molecular formula is C9H8FNO3. The number of rotatable bonds is 1. The molecule has 0 unspecified atom stereocenters. The van der Waals surface area contributed by atoms with E-state index in [1.807, 2.05) is 0 Å². The molecule has 0 aliphatic carbocycles. The van der Waals surface area contributed by atoms with Gasteiger partial charge in [0.2, 0.25) is 0 Å². The van der Waals surface area contributed by atoms with Crippen LogP contribution < -0.4 is 10.1 Å². The zero-order valence-electron chi connectivity index (χ0n) is 7.41. The molecule has 5 heteroatoms. The van der Waals surface area contributed by atoms with E-state index in [0.29, 0.717) is 5.56 Å². The standard InChI is InChI=1S/C9H8FNO3/c1-13-8-5-3-2-4-6(10)7(5)14-9(12)11-8/h2-4,8H,1H3,(H,11,12)/t8-/m0/s1. The van der Waals surface area contributed by atoms with Crippen molar-refractivity contribution >= 4 is 6.09 Å². The molecule has 0 spiro atoms. The molecule has 2 rings (SSSR count). The zero-order valence-corrected chi connectivity index (χ0v) is 7.41. The van der Waals surface area contributed by atoms with Crippen molar-refractivity contribution in [3.05, 3.63) is 29.6 Å². The van der Waals surface area contributed by atoms with Crippen molar-refractivity contribution in [2.24, 2.45) is 0 Å². The molecule has 1 aromatic carbocycles. The predicted octanol–water partition coefficient (Wildman–Crippen LogP) is 1.57. The Kier molecular flexibility index (Phi) is 2.09. The lowest BCUT2D eigenvalue weighted by Crippen LogP contribution is -2.37. The van der Waals surface area contributed by atoms with Gasteiger partial charge < -0.3 is 9.47 Å². The SMILES string of the molecule is CO[C@@H]1NC(=O)Oc2c(F)cccc21. The van der Waals surface area contributed by atoms with Crippen molar-refractivity contribution in [1.29, 1.82) is 0 Å². The molecule has 1 aromatic rings. The second kappa shape index (κ2) is 3.26. The second-order valence-electron chi connectivity index (χ2n) is 2.81. The molecular weight excluding hydrogens is 189 g/mol. The zero-order chi connectivity index (χ0) is 10.1.